The number of amides is 1. The van der Waals surface area contributed by atoms with Crippen molar-refractivity contribution < 1.29 is 13.9 Å². The monoisotopic (exact) mass is 344 g/mol. The van der Waals surface area contributed by atoms with E-state index in [1.807, 2.05) is 18.2 Å². The van der Waals surface area contributed by atoms with E-state index in [0.717, 1.165) is 47.7 Å². The number of rotatable bonds is 7. The van der Waals surface area contributed by atoms with Gasteiger partial charge in [0.05, 0.1) is 19.8 Å². The Labute approximate surface area is 149 Å². The number of carbonyl (C=O) groups is 1. The first-order chi connectivity index (χ1) is 12.2. The van der Waals surface area contributed by atoms with E-state index in [9.17, 15) is 4.79 Å². The van der Waals surface area contributed by atoms with Gasteiger partial charge in [-0.3, -0.25) is 4.79 Å². The number of nitrogens with zero attached hydrogens (tertiary/aromatic N) is 1. The third-order valence-corrected chi connectivity index (χ3v) is 4.93. The second kappa shape index (κ2) is 8.39. The topological polar surface area (TPSA) is 54.7 Å². The Balaban J connectivity index is 1.43. The summed E-state index contributed by atoms with van der Waals surface area (Å²) in [7, 11) is 1.63. The van der Waals surface area contributed by atoms with E-state index in [1.54, 1.807) is 13.4 Å². The van der Waals surface area contributed by atoms with Gasteiger partial charge >= 0.3 is 0 Å². The number of hydrogen-bond acceptors (Lipinski definition) is 4. The van der Waals surface area contributed by atoms with Gasteiger partial charge in [0.2, 0.25) is 5.91 Å². The molecule has 1 N–H and O–H groups in total. The van der Waals surface area contributed by atoms with Gasteiger partial charge in [-0.2, -0.15) is 0 Å². The standard InChI is InChI=1S/C20H28N2O3/c1-15-5-3-9-22(13-15)10-4-8-21-20(23)11-16-14-25-19-12-17(24-2)6-7-18(16)19/h6-7,12,14-15H,3-5,8-11,13H2,1-2H3,(H,21,23)/t15-/m1/s1. The molecule has 5 nitrogen and oxygen atoms in total. The number of ether oxygens (including phenoxy) is 1. The Bertz CT molecular complexity index is 710. The smallest absolute Gasteiger partial charge is 0.224 e. The van der Waals surface area contributed by atoms with E-state index < -0.39 is 0 Å². The highest BCUT2D eigenvalue weighted by Gasteiger charge is 2.15. The molecule has 25 heavy (non-hydrogen) atoms. The molecular weight excluding hydrogens is 316 g/mol. The summed E-state index contributed by atoms with van der Waals surface area (Å²) < 4.78 is 10.7. The van der Waals surface area contributed by atoms with Crippen LogP contribution in [0.25, 0.3) is 11.0 Å². The number of carbonyl (C=O) groups excluding carboxylic acids is 1. The minimum absolute atomic E-state index is 0.0468. The molecule has 1 fully saturated rings. The normalized spacial score (nSPS) is 18.4. The number of nitrogens with one attached hydrogen (secondary N) is 1. The van der Waals surface area contributed by atoms with Crippen LogP contribution < -0.4 is 10.1 Å². The largest absolute Gasteiger partial charge is 0.497 e. The molecule has 5 heteroatoms. The van der Waals surface area contributed by atoms with Crippen LogP contribution in [0.15, 0.2) is 28.9 Å². The third-order valence-electron chi connectivity index (χ3n) is 4.93. The molecule has 0 saturated carbocycles. The highest BCUT2D eigenvalue weighted by atomic mass is 16.5. The summed E-state index contributed by atoms with van der Waals surface area (Å²) in [6.07, 6.45) is 5.66. The van der Waals surface area contributed by atoms with Crippen LogP contribution in [0.5, 0.6) is 5.75 Å². The number of furan rings is 1. The highest BCUT2D eigenvalue weighted by Crippen LogP contribution is 2.25. The van der Waals surface area contributed by atoms with Crippen LogP contribution >= 0.6 is 0 Å². The minimum Gasteiger partial charge on any atom is -0.497 e. The van der Waals surface area contributed by atoms with Crippen molar-refractivity contribution in [1.29, 1.82) is 0 Å². The molecule has 136 valence electrons. The van der Waals surface area contributed by atoms with Crippen LogP contribution in [0.4, 0.5) is 0 Å². The molecule has 2 heterocycles. The van der Waals surface area contributed by atoms with Crippen molar-refractivity contribution in [1.82, 2.24) is 10.2 Å². The fraction of sp³-hybridized carbons (Fsp3) is 0.550. The van der Waals surface area contributed by atoms with Crippen LogP contribution in [0.2, 0.25) is 0 Å². The number of likely N-dealkylation sites (tertiary alicyclic amines) is 1. The first-order valence-corrected chi connectivity index (χ1v) is 9.19. The van der Waals surface area contributed by atoms with E-state index in [-0.39, 0.29) is 5.91 Å². The lowest BCUT2D eigenvalue weighted by Crippen LogP contribution is -2.36. The van der Waals surface area contributed by atoms with Gasteiger partial charge in [-0.25, -0.2) is 0 Å². The first kappa shape index (κ1) is 17.8. The number of methoxy groups -OCH3 is 1. The predicted octanol–water partition coefficient (Wildman–Crippen LogP) is 3.22. The van der Waals surface area contributed by atoms with E-state index in [1.165, 1.54) is 25.9 Å². The van der Waals surface area contributed by atoms with Gasteiger partial charge in [0.25, 0.3) is 0 Å². The first-order valence-electron chi connectivity index (χ1n) is 9.19. The molecule has 0 unspecified atom stereocenters. The SMILES string of the molecule is COc1ccc2c(CC(=O)NCCCN3CCC[C@@H](C)C3)coc2c1. The Hall–Kier alpha value is -2.01. The molecule has 0 bridgehead atoms. The van der Waals surface area contributed by atoms with Crippen LogP contribution in [-0.4, -0.2) is 44.1 Å². The van der Waals surface area contributed by atoms with Crippen molar-refractivity contribution in [2.75, 3.05) is 33.3 Å². The van der Waals surface area contributed by atoms with Crippen molar-refractivity contribution >= 4 is 16.9 Å². The van der Waals surface area contributed by atoms with Gasteiger partial charge < -0.3 is 19.4 Å². The van der Waals surface area contributed by atoms with Crippen molar-refractivity contribution in [3.05, 3.63) is 30.0 Å². The molecule has 0 aliphatic carbocycles. The third kappa shape index (κ3) is 4.75. The Kier molecular flexibility index (Phi) is 5.97. The Morgan fingerprint density at radius 1 is 1.44 bits per heavy atom. The molecule has 1 amide bonds. The lowest BCUT2D eigenvalue weighted by Gasteiger charge is -2.30. The van der Waals surface area contributed by atoms with Crippen molar-refractivity contribution in [2.24, 2.45) is 5.92 Å². The number of benzene rings is 1. The summed E-state index contributed by atoms with van der Waals surface area (Å²) >= 11 is 0. The van der Waals surface area contributed by atoms with Crippen LogP contribution in [-0.2, 0) is 11.2 Å². The van der Waals surface area contributed by atoms with Crippen molar-refractivity contribution in [3.8, 4) is 5.75 Å². The van der Waals surface area contributed by atoms with Crippen molar-refractivity contribution in [3.63, 3.8) is 0 Å². The lowest BCUT2D eigenvalue weighted by molar-refractivity contribution is -0.120. The van der Waals surface area contributed by atoms with E-state index in [4.69, 9.17) is 9.15 Å². The van der Waals surface area contributed by atoms with Gasteiger partial charge in [-0.05, 0) is 50.4 Å². The molecular formula is C20H28N2O3. The zero-order valence-electron chi connectivity index (χ0n) is 15.2. The minimum atomic E-state index is 0.0468. The molecule has 1 saturated heterocycles. The Morgan fingerprint density at radius 2 is 2.32 bits per heavy atom. The van der Waals surface area contributed by atoms with Crippen LogP contribution in [0.3, 0.4) is 0 Å². The second-order valence-corrected chi connectivity index (χ2v) is 7.05. The predicted molar refractivity (Wildman–Crippen MR) is 98.9 cm³/mol. The summed E-state index contributed by atoms with van der Waals surface area (Å²) in [5.41, 5.74) is 1.67. The summed E-state index contributed by atoms with van der Waals surface area (Å²) in [6.45, 7) is 6.51. The van der Waals surface area contributed by atoms with E-state index >= 15 is 0 Å². The van der Waals surface area contributed by atoms with Crippen LogP contribution in [0, 0.1) is 5.92 Å². The molecule has 1 aromatic carbocycles. The summed E-state index contributed by atoms with van der Waals surface area (Å²) in [5, 5.41) is 4.00. The zero-order chi connectivity index (χ0) is 17.6. The number of piperidine rings is 1. The molecule has 1 aliphatic heterocycles. The van der Waals surface area contributed by atoms with E-state index in [0.29, 0.717) is 6.42 Å². The number of hydrogen-bond donors (Lipinski definition) is 1. The molecule has 0 spiro atoms. The van der Waals surface area contributed by atoms with Gasteiger partial charge in [0.1, 0.15) is 11.3 Å². The fourth-order valence-electron chi connectivity index (χ4n) is 3.58. The Morgan fingerprint density at radius 3 is 3.12 bits per heavy atom. The summed E-state index contributed by atoms with van der Waals surface area (Å²) in [6, 6.07) is 5.67. The molecule has 2 aromatic rings. The van der Waals surface area contributed by atoms with Crippen molar-refractivity contribution in [2.45, 2.75) is 32.6 Å². The highest BCUT2D eigenvalue weighted by molar-refractivity contribution is 5.88. The summed E-state index contributed by atoms with van der Waals surface area (Å²) in [4.78, 5) is 14.7. The van der Waals surface area contributed by atoms with Crippen LogP contribution in [0.1, 0.15) is 31.7 Å². The quantitative estimate of drug-likeness (QED) is 0.784. The molecule has 1 aliphatic rings. The average molecular weight is 344 g/mol. The maximum Gasteiger partial charge on any atom is 0.224 e. The van der Waals surface area contributed by atoms with Gasteiger partial charge in [-0.1, -0.05) is 6.92 Å². The lowest BCUT2D eigenvalue weighted by atomic mass is 10.0. The van der Waals surface area contributed by atoms with Gasteiger partial charge in [-0.15, -0.1) is 0 Å². The van der Waals surface area contributed by atoms with Gasteiger partial charge in [0.15, 0.2) is 0 Å². The molecule has 3 rings (SSSR count). The second-order valence-electron chi connectivity index (χ2n) is 7.05. The zero-order valence-corrected chi connectivity index (χ0v) is 15.2. The average Bonchev–Trinajstić information content (AvgIpc) is 3.01. The van der Waals surface area contributed by atoms with Gasteiger partial charge in [0, 0.05) is 30.1 Å². The maximum absolute atomic E-state index is 12.2. The molecule has 0 radical (unpaired) electrons. The van der Waals surface area contributed by atoms with E-state index in [2.05, 4.69) is 17.1 Å². The molecule has 1 atom stereocenters. The number of fused-ring (bicyclic) bond motifs is 1. The molecule has 1 aromatic heterocycles. The summed E-state index contributed by atoms with van der Waals surface area (Å²) in [5.74, 6) is 1.60. The maximum atomic E-state index is 12.2. The fourth-order valence-corrected chi connectivity index (χ4v) is 3.58.